The molecule has 1 aromatic heterocycles. The standard InChI is InChI=1S/C15H18N2OS/c1-11-5-2-3-7-14(11)17-15(18)12(10-16)9-13-6-4-8-19-13/h4,6,8-9,11,14H,2-3,5,7H2,1H3,(H,17,18)/b12-9+/t11-,14-/m0/s1. The Bertz CT molecular complexity index is 499. The Morgan fingerprint density at radius 2 is 2.32 bits per heavy atom. The molecule has 0 aromatic carbocycles. The first-order valence-corrected chi connectivity index (χ1v) is 7.55. The molecule has 3 nitrogen and oxygen atoms in total. The van der Waals surface area contributed by atoms with Gasteiger partial charge in [0.2, 0.25) is 0 Å². The summed E-state index contributed by atoms with van der Waals surface area (Å²) in [6.45, 7) is 2.17. The normalized spacial score (nSPS) is 23.7. The van der Waals surface area contributed by atoms with Gasteiger partial charge in [-0.15, -0.1) is 11.3 Å². The molecule has 1 aliphatic carbocycles. The first-order valence-electron chi connectivity index (χ1n) is 6.67. The Labute approximate surface area is 117 Å². The number of hydrogen-bond acceptors (Lipinski definition) is 3. The minimum atomic E-state index is -0.241. The number of thiophene rings is 1. The number of carbonyl (C=O) groups excluding carboxylic acids is 1. The third-order valence-electron chi connectivity index (χ3n) is 3.62. The van der Waals surface area contributed by atoms with Gasteiger partial charge in [-0.3, -0.25) is 4.79 Å². The maximum absolute atomic E-state index is 12.1. The number of nitrogens with one attached hydrogen (secondary N) is 1. The van der Waals surface area contributed by atoms with Crippen molar-refractivity contribution in [2.75, 3.05) is 0 Å². The zero-order valence-corrected chi connectivity index (χ0v) is 11.9. The van der Waals surface area contributed by atoms with Gasteiger partial charge in [0.25, 0.3) is 5.91 Å². The molecule has 0 aliphatic heterocycles. The lowest BCUT2D eigenvalue weighted by Gasteiger charge is -2.29. The van der Waals surface area contributed by atoms with E-state index in [9.17, 15) is 4.79 Å². The molecule has 1 amide bonds. The lowest BCUT2D eigenvalue weighted by Crippen LogP contribution is -2.41. The second-order valence-corrected chi connectivity index (χ2v) is 6.01. The quantitative estimate of drug-likeness (QED) is 0.679. The predicted octanol–water partition coefficient (Wildman–Crippen LogP) is 3.35. The highest BCUT2D eigenvalue weighted by Gasteiger charge is 2.23. The summed E-state index contributed by atoms with van der Waals surface area (Å²) >= 11 is 1.52. The van der Waals surface area contributed by atoms with Crippen molar-refractivity contribution in [3.63, 3.8) is 0 Å². The van der Waals surface area contributed by atoms with Crippen LogP contribution in [0, 0.1) is 17.2 Å². The molecular weight excluding hydrogens is 256 g/mol. The van der Waals surface area contributed by atoms with Crippen molar-refractivity contribution in [3.8, 4) is 6.07 Å². The molecule has 1 aromatic rings. The zero-order valence-electron chi connectivity index (χ0n) is 11.1. The number of nitriles is 1. The summed E-state index contributed by atoms with van der Waals surface area (Å²) in [5, 5.41) is 14.1. The number of rotatable bonds is 3. The van der Waals surface area contributed by atoms with Crippen molar-refractivity contribution in [2.24, 2.45) is 5.92 Å². The van der Waals surface area contributed by atoms with E-state index in [1.54, 1.807) is 6.08 Å². The Morgan fingerprint density at radius 1 is 1.53 bits per heavy atom. The average Bonchev–Trinajstić information content (AvgIpc) is 2.91. The summed E-state index contributed by atoms with van der Waals surface area (Å²) in [5.41, 5.74) is 0.195. The van der Waals surface area contributed by atoms with E-state index >= 15 is 0 Å². The Morgan fingerprint density at radius 3 is 2.95 bits per heavy atom. The van der Waals surface area contributed by atoms with E-state index in [0.29, 0.717) is 5.92 Å². The number of nitrogens with zero attached hydrogens (tertiary/aromatic N) is 1. The van der Waals surface area contributed by atoms with Gasteiger partial charge in [0, 0.05) is 10.9 Å². The molecule has 1 heterocycles. The largest absolute Gasteiger partial charge is 0.348 e. The summed E-state index contributed by atoms with van der Waals surface area (Å²) in [6, 6.07) is 6.02. The smallest absolute Gasteiger partial charge is 0.262 e. The van der Waals surface area contributed by atoms with Crippen molar-refractivity contribution in [1.82, 2.24) is 5.32 Å². The molecule has 1 saturated carbocycles. The molecule has 1 N–H and O–H groups in total. The third kappa shape index (κ3) is 3.68. The summed E-state index contributed by atoms with van der Waals surface area (Å²) in [4.78, 5) is 13.1. The fraction of sp³-hybridized carbons (Fsp3) is 0.467. The predicted molar refractivity (Wildman–Crippen MR) is 77.5 cm³/mol. The lowest BCUT2D eigenvalue weighted by atomic mass is 9.86. The summed E-state index contributed by atoms with van der Waals surface area (Å²) in [6.07, 6.45) is 6.23. The van der Waals surface area contributed by atoms with Crippen LogP contribution in [-0.2, 0) is 4.79 Å². The van der Waals surface area contributed by atoms with Gasteiger partial charge in [-0.25, -0.2) is 0 Å². The van der Waals surface area contributed by atoms with Crippen molar-refractivity contribution in [3.05, 3.63) is 28.0 Å². The van der Waals surface area contributed by atoms with Crippen LogP contribution in [0.4, 0.5) is 0 Å². The van der Waals surface area contributed by atoms with E-state index in [0.717, 1.165) is 24.1 Å². The fourth-order valence-corrected chi connectivity index (χ4v) is 3.10. The molecule has 4 heteroatoms. The van der Waals surface area contributed by atoms with E-state index in [1.165, 1.54) is 17.8 Å². The molecule has 2 rings (SSSR count). The molecule has 1 aliphatic rings. The zero-order chi connectivity index (χ0) is 13.7. The van der Waals surface area contributed by atoms with Crippen LogP contribution >= 0.6 is 11.3 Å². The van der Waals surface area contributed by atoms with Gasteiger partial charge in [0.05, 0.1) is 0 Å². The molecule has 0 radical (unpaired) electrons. The summed E-state index contributed by atoms with van der Waals surface area (Å²) < 4.78 is 0. The van der Waals surface area contributed by atoms with Crippen molar-refractivity contribution >= 4 is 23.3 Å². The fourth-order valence-electron chi connectivity index (χ4n) is 2.44. The number of amides is 1. The topological polar surface area (TPSA) is 52.9 Å². The molecule has 19 heavy (non-hydrogen) atoms. The number of carbonyl (C=O) groups is 1. The highest BCUT2D eigenvalue weighted by Crippen LogP contribution is 2.24. The molecule has 0 saturated heterocycles. The molecule has 2 atom stereocenters. The summed E-state index contributed by atoms with van der Waals surface area (Å²) in [7, 11) is 0. The van der Waals surface area contributed by atoms with Gasteiger partial charge < -0.3 is 5.32 Å². The van der Waals surface area contributed by atoms with Gasteiger partial charge in [-0.1, -0.05) is 25.8 Å². The van der Waals surface area contributed by atoms with Gasteiger partial charge in [-0.2, -0.15) is 5.26 Å². The van der Waals surface area contributed by atoms with E-state index in [-0.39, 0.29) is 17.5 Å². The maximum atomic E-state index is 12.1. The van der Waals surface area contributed by atoms with Gasteiger partial charge in [0.15, 0.2) is 0 Å². The Balaban J connectivity index is 2.03. The van der Waals surface area contributed by atoms with E-state index in [1.807, 2.05) is 23.6 Å². The first-order chi connectivity index (χ1) is 9.20. The molecule has 0 spiro atoms. The minimum absolute atomic E-state index is 0.195. The van der Waals surface area contributed by atoms with Crippen LogP contribution in [0.1, 0.15) is 37.5 Å². The Hall–Kier alpha value is -1.60. The molecule has 1 fully saturated rings. The second kappa shape index (κ2) is 6.53. The van der Waals surface area contributed by atoms with Crippen LogP contribution in [0.25, 0.3) is 6.08 Å². The minimum Gasteiger partial charge on any atom is -0.348 e. The van der Waals surface area contributed by atoms with E-state index < -0.39 is 0 Å². The average molecular weight is 274 g/mol. The summed E-state index contributed by atoms with van der Waals surface area (Å²) in [5.74, 6) is 0.258. The number of hydrogen-bond donors (Lipinski definition) is 1. The molecule has 100 valence electrons. The molecule has 0 bridgehead atoms. The first kappa shape index (κ1) is 13.8. The molecule has 0 unspecified atom stereocenters. The van der Waals surface area contributed by atoms with E-state index in [4.69, 9.17) is 5.26 Å². The Kier molecular flexibility index (Phi) is 4.75. The third-order valence-corrected chi connectivity index (χ3v) is 4.44. The van der Waals surface area contributed by atoms with Crippen LogP contribution in [-0.4, -0.2) is 11.9 Å². The molecular formula is C15H18N2OS. The van der Waals surface area contributed by atoms with Gasteiger partial charge >= 0.3 is 0 Å². The monoisotopic (exact) mass is 274 g/mol. The van der Waals surface area contributed by atoms with Crippen molar-refractivity contribution in [1.29, 1.82) is 5.26 Å². The van der Waals surface area contributed by atoms with Crippen LogP contribution in [0.15, 0.2) is 23.1 Å². The second-order valence-electron chi connectivity index (χ2n) is 5.03. The van der Waals surface area contributed by atoms with Crippen LogP contribution in [0.5, 0.6) is 0 Å². The highest BCUT2D eigenvalue weighted by molar-refractivity contribution is 7.10. The van der Waals surface area contributed by atoms with Gasteiger partial charge in [0.1, 0.15) is 11.6 Å². The van der Waals surface area contributed by atoms with Crippen molar-refractivity contribution < 1.29 is 4.79 Å². The van der Waals surface area contributed by atoms with Crippen molar-refractivity contribution in [2.45, 2.75) is 38.6 Å². The van der Waals surface area contributed by atoms with Crippen LogP contribution in [0.3, 0.4) is 0 Å². The lowest BCUT2D eigenvalue weighted by molar-refractivity contribution is -0.118. The van der Waals surface area contributed by atoms with Crippen LogP contribution < -0.4 is 5.32 Å². The highest BCUT2D eigenvalue weighted by atomic mass is 32.1. The SMILES string of the molecule is C[C@H]1CCCC[C@@H]1NC(=O)/C(C#N)=C/c1cccs1. The van der Waals surface area contributed by atoms with Gasteiger partial charge in [-0.05, 0) is 36.3 Å². The van der Waals surface area contributed by atoms with Crippen LogP contribution in [0.2, 0.25) is 0 Å². The maximum Gasteiger partial charge on any atom is 0.262 e. The van der Waals surface area contributed by atoms with E-state index in [2.05, 4.69) is 12.2 Å².